The van der Waals surface area contributed by atoms with Gasteiger partial charge in [-0.05, 0) is 43.4 Å². The fourth-order valence-corrected chi connectivity index (χ4v) is 2.92. The highest BCUT2D eigenvalue weighted by atomic mass is 19.1. The van der Waals surface area contributed by atoms with Gasteiger partial charge in [-0.2, -0.15) is 0 Å². The number of benzene rings is 2. The maximum absolute atomic E-state index is 13.4. The molecule has 0 heterocycles. The zero-order chi connectivity index (χ0) is 14.8. The van der Waals surface area contributed by atoms with Gasteiger partial charge in [-0.25, -0.2) is 4.39 Å². The molecule has 3 rings (SSSR count). The lowest BCUT2D eigenvalue weighted by Crippen LogP contribution is -2.34. The van der Waals surface area contributed by atoms with Crippen molar-refractivity contribution >= 4 is 5.69 Å². The molecule has 21 heavy (non-hydrogen) atoms. The molecule has 2 aromatic rings. The van der Waals surface area contributed by atoms with E-state index in [2.05, 4.69) is 36.5 Å². The molecule has 0 amide bonds. The number of hydrogen-bond donors (Lipinski definition) is 1. The Morgan fingerprint density at radius 3 is 2.67 bits per heavy atom. The zero-order valence-corrected chi connectivity index (χ0v) is 12.4. The van der Waals surface area contributed by atoms with E-state index in [1.807, 2.05) is 0 Å². The van der Waals surface area contributed by atoms with Crippen LogP contribution in [0.25, 0.3) is 0 Å². The highest BCUT2D eigenvalue weighted by molar-refractivity contribution is 5.50. The summed E-state index contributed by atoms with van der Waals surface area (Å²) >= 11 is 0. The quantitative estimate of drug-likeness (QED) is 0.893. The van der Waals surface area contributed by atoms with Gasteiger partial charge in [-0.3, -0.25) is 0 Å². The third-order valence-corrected chi connectivity index (χ3v) is 4.17. The zero-order valence-electron chi connectivity index (χ0n) is 12.4. The predicted molar refractivity (Wildman–Crippen MR) is 83.5 cm³/mol. The molecule has 2 nitrogen and oxygen atoms in total. The van der Waals surface area contributed by atoms with Crippen LogP contribution in [0.3, 0.4) is 0 Å². The highest BCUT2D eigenvalue weighted by Gasteiger charge is 2.30. The average molecular weight is 285 g/mol. The van der Waals surface area contributed by atoms with Crippen LogP contribution in [0.4, 0.5) is 10.1 Å². The van der Waals surface area contributed by atoms with E-state index >= 15 is 0 Å². The predicted octanol–water partition coefficient (Wildman–Crippen LogP) is 4.50. The maximum atomic E-state index is 13.4. The van der Waals surface area contributed by atoms with E-state index in [1.165, 1.54) is 24.3 Å². The van der Waals surface area contributed by atoms with Crippen LogP contribution in [0, 0.1) is 12.7 Å². The number of ether oxygens (including phenoxy) is 1. The van der Waals surface area contributed by atoms with Gasteiger partial charge in [-0.15, -0.1) is 0 Å². The molecule has 1 aliphatic carbocycles. The van der Waals surface area contributed by atoms with Gasteiger partial charge in [0.15, 0.2) is 11.6 Å². The van der Waals surface area contributed by atoms with Gasteiger partial charge in [0.1, 0.15) is 0 Å². The monoisotopic (exact) mass is 285 g/mol. The van der Waals surface area contributed by atoms with Crippen molar-refractivity contribution in [3.8, 4) is 5.75 Å². The highest BCUT2D eigenvalue weighted by Crippen LogP contribution is 2.39. The third kappa shape index (κ3) is 3.02. The topological polar surface area (TPSA) is 21.3 Å². The molecule has 0 aliphatic heterocycles. The number of methoxy groups -OCH3 is 1. The van der Waals surface area contributed by atoms with E-state index < -0.39 is 0 Å². The Hall–Kier alpha value is -2.03. The second-order valence-corrected chi connectivity index (χ2v) is 5.77. The van der Waals surface area contributed by atoms with Gasteiger partial charge in [0.05, 0.1) is 7.11 Å². The molecule has 2 aromatic carbocycles. The Morgan fingerprint density at radius 1 is 1.14 bits per heavy atom. The first-order valence-corrected chi connectivity index (χ1v) is 7.32. The first-order valence-electron chi connectivity index (χ1n) is 7.32. The van der Waals surface area contributed by atoms with Gasteiger partial charge in [-0.1, -0.05) is 29.8 Å². The van der Waals surface area contributed by atoms with Crippen LogP contribution >= 0.6 is 0 Å². The summed E-state index contributed by atoms with van der Waals surface area (Å²) in [5, 5.41) is 3.45. The van der Waals surface area contributed by atoms with Crippen molar-refractivity contribution in [2.45, 2.75) is 31.7 Å². The van der Waals surface area contributed by atoms with Gasteiger partial charge in [0.2, 0.25) is 0 Å². The summed E-state index contributed by atoms with van der Waals surface area (Å²) < 4.78 is 18.4. The standard InChI is InChI=1S/C18H20FNO/c1-12-4-3-5-13(8-12)14-9-16(10-14)20-15-6-7-17(19)18(11-15)21-2/h3-8,11,14,16,20H,9-10H2,1-2H3. The summed E-state index contributed by atoms with van der Waals surface area (Å²) in [6.07, 6.45) is 2.23. The first-order chi connectivity index (χ1) is 10.2. The lowest BCUT2D eigenvalue weighted by atomic mass is 9.75. The van der Waals surface area contributed by atoms with Crippen molar-refractivity contribution < 1.29 is 9.13 Å². The van der Waals surface area contributed by atoms with Gasteiger partial charge in [0.25, 0.3) is 0 Å². The van der Waals surface area contributed by atoms with E-state index in [-0.39, 0.29) is 11.6 Å². The summed E-state index contributed by atoms with van der Waals surface area (Å²) in [7, 11) is 1.49. The second kappa shape index (κ2) is 5.76. The molecule has 1 fully saturated rings. The molecule has 0 bridgehead atoms. The Balaban J connectivity index is 1.60. The SMILES string of the molecule is COc1cc(NC2CC(c3cccc(C)c3)C2)ccc1F. The summed E-state index contributed by atoms with van der Waals surface area (Å²) in [6.45, 7) is 2.13. The van der Waals surface area contributed by atoms with Crippen molar-refractivity contribution in [1.29, 1.82) is 0 Å². The number of rotatable bonds is 4. The summed E-state index contributed by atoms with van der Waals surface area (Å²) in [5.41, 5.74) is 3.65. The Kier molecular flexibility index (Phi) is 3.82. The smallest absolute Gasteiger partial charge is 0.165 e. The minimum absolute atomic E-state index is 0.287. The Labute approximate surface area is 125 Å². The number of aryl methyl sites for hydroxylation is 1. The molecule has 0 spiro atoms. The number of nitrogens with one attached hydrogen (secondary N) is 1. The molecule has 0 aromatic heterocycles. The molecule has 0 atom stereocenters. The molecule has 1 N–H and O–H groups in total. The first kappa shape index (κ1) is 13.9. The van der Waals surface area contributed by atoms with Crippen LogP contribution in [0.2, 0.25) is 0 Å². The van der Waals surface area contributed by atoms with Crippen LogP contribution < -0.4 is 10.1 Å². The molecular weight excluding hydrogens is 265 g/mol. The third-order valence-electron chi connectivity index (χ3n) is 4.17. The molecule has 110 valence electrons. The van der Waals surface area contributed by atoms with E-state index in [0.717, 1.165) is 18.5 Å². The van der Waals surface area contributed by atoms with Crippen molar-refractivity contribution in [2.24, 2.45) is 0 Å². The fourth-order valence-electron chi connectivity index (χ4n) is 2.92. The van der Waals surface area contributed by atoms with Gasteiger partial charge < -0.3 is 10.1 Å². The van der Waals surface area contributed by atoms with Crippen molar-refractivity contribution in [3.63, 3.8) is 0 Å². The van der Waals surface area contributed by atoms with Crippen LogP contribution in [-0.4, -0.2) is 13.2 Å². The fraction of sp³-hybridized carbons (Fsp3) is 0.333. The van der Waals surface area contributed by atoms with Crippen molar-refractivity contribution in [2.75, 3.05) is 12.4 Å². The Bertz CT molecular complexity index is 635. The molecule has 1 saturated carbocycles. The number of anilines is 1. The van der Waals surface area contributed by atoms with Crippen molar-refractivity contribution in [1.82, 2.24) is 0 Å². The van der Waals surface area contributed by atoms with E-state index in [0.29, 0.717) is 12.0 Å². The van der Waals surface area contributed by atoms with Gasteiger partial charge >= 0.3 is 0 Å². The lowest BCUT2D eigenvalue weighted by molar-refractivity contribution is 0.372. The van der Waals surface area contributed by atoms with Gasteiger partial charge in [0, 0.05) is 17.8 Å². The van der Waals surface area contributed by atoms with Crippen molar-refractivity contribution in [3.05, 3.63) is 59.4 Å². The molecule has 1 aliphatic rings. The average Bonchev–Trinajstić information content (AvgIpc) is 2.44. The molecule has 0 saturated heterocycles. The lowest BCUT2D eigenvalue weighted by Gasteiger charge is -2.37. The van der Waals surface area contributed by atoms with E-state index in [4.69, 9.17) is 4.74 Å². The largest absolute Gasteiger partial charge is 0.494 e. The molecule has 0 unspecified atom stereocenters. The molecule has 3 heteroatoms. The van der Waals surface area contributed by atoms with Crippen LogP contribution in [0.15, 0.2) is 42.5 Å². The molecular formula is C18H20FNO. The van der Waals surface area contributed by atoms with Crippen LogP contribution in [-0.2, 0) is 0 Å². The number of halogens is 1. The van der Waals surface area contributed by atoms with Crippen LogP contribution in [0.5, 0.6) is 5.75 Å². The second-order valence-electron chi connectivity index (χ2n) is 5.77. The van der Waals surface area contributed by atoms with E-state index in [1.54, 1.807) is 12.1 Å². The molecule has 0 radical (unpaired) electrons. The Morgan fingerprint density at radius 2 is 1.95 bits per heavy atom. The summed E-state index contributed by atoms with van der Waals surface area (Å²) in [5.74, 6) is 0.591. The summed E-state index contributed by atoms with van der Waals surface area (Å²) in [4.78, 5) is 0. The maximum Gasteiger partial charge on any atom is 0.165 e. The minimum atomic E-state index is -0.325. The van der Waals surface area contributed by atoms with Crippen LogP contribution in [0.1, 0.15) is 29.9 Å². The minimum Gasteiger partial charge on any atom is -0.494 e. The number of hydrogen-bond acceptors (Lipinski definition) is 2. The summed E-state index contributed by atoms with van der Waals surface area (Å²) in [6, 6.07) is 14.1. The normalized spacial score (nSPS) is 20.7. The van der Waals surface area contributed by atoms with E-state index in [9.17, 15) is 4.39 Å².